The van der Waals surface area contributed by atoms with Crippen LogP contribution in [0.2, 0.25) is 5.02 Å². The third-order valence-corrected chi connectivity index (χ3v) is 2.91. The maximum atomic E-state index is 9.97. The monoisotopic (exact) mass is 235 g/mol. The van der Waals surface area contributed by atoms with E-state index in [0.29, 0.717) is 11.4 Å². The molecule has 1 aromatic carbocycles. The molecule has 1 aromatic heterocycles. The SMILES string of the molecule is CCC(O)c1cc(C)nc2ccc(Cl)cc12. The number of hydrogen-bond donors (Lipinski definition) is 1. The fourth-order valence-electron chi connectivity index (χ4n) is 1.86. The van der Waals surface area contributed by atoms with Gasteiger partial charge in [0.2, 0.25) is 0 Å². The molecule has 0 saturated carbocycles. The fraction of sp³-hybridized carbons (Fsp3) is 0.308. The largest absolute Gasteiger partial charge is 0.388 e. The van der Waals surface area contributed by atoms with Gasteiger partial charge in [0.15, 0.2) is 0 Å². The number of benzene rings is 1. The van der Waals surface area contributed by atoms with Crippen molar-refractivity contribution in [3.63, 3.8) is 0 Å². The van der Waals surface area contributed by atoms with Crippen LogP contribution in [0.3, 0.4) is 0 Å². The fourth-order valence-corrected chi connectivity index (χ4v) is 2.03. The van der Waals surface area contributed by atoms with E-state index in [2.05, 4.69) is 4.98 Å². The van der Waals surface area contributed by atoms with Crippen molar-refractivity contribution in [3.05, 3.63) is 40.5 Å². The number of halogens is 1. The van der Waals surface area contributed by atoms with Gasteiger partial charge in [-0.1, -0.05) is 18.5 Å². The summed E-state index contributed by atoms with van der Waals surface area (Å²) in [6, 6.07) is 7.49. The molecule has 0 bridgehead atoms. The van der Waals surface area contributed by atoms with E-state index in [1.54, 1.807) is 0 Å². The van der Waals surface area contributed by atoms with Crippen LogP contribution in [0.5, 0.6) is 0 Å². The molecule has 84 valence electrons. The minimum atomic E-state index is -0.456. The van der Waals surface area contributed by atoms with Crippen molar-refractivity contribution in [3.8, 4) is 0 Å². The standard InChI is InChI=1S/C13H14ClNO/c1-3-13(16)11-6-8(2)15-12-5-4-9(14)7-10(11)12/h4-7,13,16H,3H2,1-2H3. The Morgan fingerprint density at radius 2 is 2.12 bits per heavy atom. The van der Waals surface area contributed by atoms with Crippen LogP contribution in [0.4, 0.5) is 0 Å². The van der Waals surface area contributed by atoms with Crippen LogP contribution in [-0.2, 0) is 0 Å². The number of nitrogens with zero attached hydrogens (tertiary/aromatic N) is 1. The van der Waals surface area contributed by atoms with Crippen molar-refractivity contribution in [1.29, 1.82) is 0 Å². The number of hydrogen-bond acceptors (Lipinski definition) is 2. The minimum Gasteiger partial charge on any atom is -0.388 e. The molecule has 0 spiro atoms. The molecule has 2 rings (SSSR count). The molecule has 0 aliphatic carbocycles. The molecule has 3 heteroatoms. The molecule has 1 N–H and O–H groups in total. The quantitative estimate of drug-likeness (QED) is 0.862. The highest BCUT2D eigenvalue weighted by molar-refractivity contribution is 6.31. The Labute approximate surface area is 99.9 Å². The number of aliphatic hydroxyl groups is 1. The Bertz CT molecular complexity index is 525. The summed E-state index contributed by atoms with van der Waals surface area (Å²) >= 11 is 5.97. The molecule has 0 amide bonds. The molecule has 0 radical (unpaired) electrons. The zero-order valence-electron chi connectivity index (χ0n) is 9.37. The highest BCUT2D eigenvalue weighted by Gasteiger charge is 2.11. The minimum absolute atomic E-state index is 0.456. The summed E-state index contributed by atoms with van der Waals surface area (Å²) in [5.41, 5.74) is 2.71. The van der Waals surface area contributed by atoms with Gasteiger partial charge in [0.25, 0.3) is 0 Å². The summed E-state index contributed by atoms with van der Waals surface area (Å²) < 4.78 is 0. The van der Waals surface area contributed by atoms with Crippen LogP contribution in [0, 0.1) is 6.92 Å². The predicted molar refractivity (Wildman–Crippen MR) is 66.7 cm³/mol. The van der Waals surface area contributed by atoms with Crippen LogP contribution in [0.25, 0.3) is 10.9 Å². The molecule has 0 fully saturated rings. The Balaban J connectivity index is 2.74. The van der Waals surface area contributed by atoms with E-state index in [9.17, 15) is 5.11 Å². The van der Waals surface area contributed by atoms with Crippen molar-refractivity contribution in [2.45, 2.75) is 26.4 Å². The zero-order valence-corrected chi connectivity index (χ0v) is 10.1. The molecule has 16 heavy (non-hydrogen) atoms. The van der Waals surface area contributed by atoms with E-state index in [1.807, 2.05) is 38.1 Å². The van der Waals surface area contributed by atoms with Gasteiger partial charge < -0.3 is 5.11 Å². The van der Waals surface area contributed by atoms with Gasteiger partial charge in [-0.05, 0) is 43.2 Å². The van der Waals surface area contributed by atoms with Gasteiger partial charge in [-0.25, -0.2) is 0 Å². The van der Waals surface area contributed by atoms with E-state index in [0.717, 1.165) is 22.2 Å². The van der Waals surface area contributed by atoms with Crippen molar-refractivity contribution < 1.29 is 5.11 Å². The lowest BCUT2D eigenvalue weighted by atomic mass is 10.0. The van der Waals surface area contributed by atoms with Crippen molar-refractivity contribution in [2.75, 3.05) is 0 Å². The first-order chi connectivity index (χ1) is 7.61. The third-order valence-electron chi connectivity index (χ3n) is 2.68. The average Bonchev–Trinajstić information content (AvgIpc) is 2.27. The maximum absolute atomic E-state index is 9.97. The number of aliphatic hydroxyl groups excluding tert-OH is 1. The maximum Gasteiger partial charge on any atom is 0.0794 e. The molecule has 0 aliphatic heterocycles. The first-order valence-electron chi connectivity index (χ1n) is 5.36. The van der Waals surface area contributed by atoms with E-state index in [1.165, 1.54) is 0 Å². The van der Waals surface area contributed by atoms with Crippen LogP contribution in [-0.4, -0.2) is 10.1 Å². The Kier molecular flexibility index (Phi) is 3.13. The van der Waals surface area contributed by atoms with Crippen molar-refractivity contribution >= 4 is 22.5 Å². The lowest BCUT2D eigenvalue weighted by molar-refractivity contribution is 0.175. The summed E-state index contributed by atoms with van der Waals surface area (Å²) in [6.45, 7) is 3.89. The number of fused-ring (bicyclic) bond motifs is 1. The Morgan fingerprint density at radius 3 is 2.81 bits per heavy atom. The zero-order chi connectivity index (χ0) is 11.7. The topological polar surface area (TPSA) is 33.1 Å². The van der Waals surface area contributed by atoms with Gasteiger partial charge in [-0.3, -0.25) is 4.98 Å². The van der Waals surface area contributed by atoms with Gasteiger partial charge in [-0.15, -0.1) is 0 Å². The smallest absolute Gasteiger partial charge is 0.0794 e. The second-order valence-electron chi connectivity index (χ2n) is 3.94. The summed E-state index contributed by atoms with van der Waals surface area (Å²) in [4.78, 5) is 4.42. The van der Waals surface area contributed by atoms with Gasteiger partial charge in [0.05, 0.1) is 11.6 Å². The molecule has 0 saturated heterocycles. The second-order valence-corrected chi connectivity index (χ2v) is 4.37. The first kappa shape index (κ1) is 11.4. The molecule has 2 aromatic rings. The van der Waals surface area contributed by atoms with Gasteiger partial charge in [0.1, 0.15) is 0 Å². The molecule has 0 aliphatic rings. The van der Waals surface area contributed by atoms with Crippen LogP contribution in [0.15, 0.2) is 24.3 Å². The average molecular weight is 236 g/mol. The molecule has 1 heterocycles. The lowest BCUT2D eigenvalue weighted by Crippen LogP contribution is -1.99. The predicted octanol–water partition coefficient (Wildman–Crippen LogP) is 3.64. The number of aryl methyl sites for hydroxylation is 1. The van der Waals surface area contributed by atoms with Gasteiger partial charge in [0, 0.05) is 16.1 Å². The third kappa shape index (κ3) is 2.04. The molecular formula is C13H14ClNO. The highest BCUT2D eigenvalue weighted by atomic mass is 35.5. The van der Waals surface area contributed by atoms with E-state index in [-0.39, 0.29) is 0 Å². The second kappa shape index (κ2) is 4.40. The van der Waals surface area contributed by atoms with E-state index < -0.39 is 6.10 Å². The van der Waals surface area contributed by atoms with E-state index in [4.69, 9.17) is 11.6 Å². The molecular weight excluding hydrogens is 222 g/mol. The first-order valence-corrected chi connectivity index (χ1v) is 5.74. The molecule has 2 nitrogen and oxygen atoms in total. The normalized spacial score (nSPS) is 13.0. The number of rotatable bonds is 2. The van der Waals surface area contributed by atoms with Crippen molar-refractivity contribution in [2.24, 2.45) is 0 Å². The molecule has 1 unspecified atom stereocenters. The molecule has 1 atom stereocenters. The summed E-state index contributed by atoms with van der Waals surface area (Å²) in [5.74, 6) is 0. The van der Waals surface area contributed by atoms with Crippen LogP contribution in [0.1, 0.15) is 30.7 Å². The van der Waals surface area contributed by atoms with Gasteiger partial charge >= 0.3 is 0 Å². The van der Waals surface area contributed by atoms with Crippen molar-refractivity contribution in [1.82, 2.24) is 4.98 Å². The lowest BCUT2D eigenvalue weighted by Gasteiger charge is -2.12. The van der Waals surface area contributed by atoms with Crippen LogP contribution < -0.4 is 0 Å². The summed E-state index contributed by atoms with van der Waals surface area (Å²) in [5, 5.41) is 11.6. The summed E-state index contributed by atoms with van der Waals surface area (Å²) in [7, 11) is 0. The van der Waals surface area contributed by atoms with E-state index >= 15 is 0 Å². The summed E-state index contributed by atoms with van der Waals surface area (Å²) in [6.07, 6.45) is 0.230. The number of pyridine rings is 1. The Morgan fingerprint density at radius 1 is 1.38 bits per heavy atom. The van der Waals surface area contributed by atoms with Gasteiger partial charge in [-0.2, -0.15) is 0 Å². The number of aromatic nitrogens is 1. The Hall–Kier alpha value is -1.12. The highest BCUT2D eigenvalue weighted by Crippen LogP contribution is 2.28. The van der Waals surface area contributed by atoms with Crippen LogP contribution >= 0.6 is 11.6 Å².